The minimum atomic E-state index is 1.08. The van der Waals surface area contributed by atoms with Crippen LogP contribution < -0.4 is 5.32 Å². The van der Waals surface area contributed by atoms with E-state index in [1.165, 1.54) is 19.4 Å². The molecule has 1 N–H and O–H groups in total. The first-order chi connectivity index (χ1) is 9.17. The molecule has 0 fully saturated rings. The van der Waals surface area contributed by atoms with Crippen molar-refractivity contribution in [2.45, 2.75) is 6.92 Å². The first-order valence-electron chi connectivity index (χ1n) is 6.02. The minimum Gasteiger partial charge on any atom is -0.387 e. The molecule has 96 valence electrons. The Kier molecular flexibility index (Phi) is 3.45. The number of aryl methyl sites for hydroxylation is 1. The van der Waals surface area contributed by atoms with E-state index in [1.807, 2.05) is 7.05 Å². The average Bonchev–Trinajstić information content (AvgIpc) is 2.81. The summed E-state index contributed by atoms with van der Waals surface area (Å²) in [6.45, 7) is 2.11. The van der Waals surface area contributed by atoms with E-state index in [2.05, 4.69) is 71.2 Å². The molecule has 1 heterocycles. The maximum Gasteiger partial charge on any atom is 0.124 e. The standard InChI is InChI=1S/C15H13IN2S/c1-9-3-5-13-14(7-9)19-15(18-13)10-4-6-12(17-2)11(16)8-10/h3-8,17H,1-2H3. The maximum absolute atomic E-state index is 4.72. The summed E-state index contributed by atoms with van der Waals surface area (Å²) >= 11 is 4.10. The lowest BCUT2D eigenvalue weighted by molar-refractivity contribution is 1.44. The Hall–Kier alpha value is -1.14. The summed E-state index contributed by atoms with van der Waals surface area (Å²) in [5, 5.41) is 4.27. The van der Waals surface area contributed by atoms with E-state index >= 15 is 0 Å². The molecule has 0 aliphatic rings. The van der Waals surface area contributed by atoms with E-state index in [0.29, 0.717) is 0 Å². The summed E-state index contributed by atoms with van der Waals surface area (Å²) in [6.07, 6.45) is 0. The van der Waals surface area contributed by atoms with Gasteiger partial charge < -0.3 is 5.32 Å². The second kappa shape index (κ2) is 5.09. The van der Waals surface area contributed by atoms with Crippen LogP contribution in [-0.2, 0) is 0 Å². The Labute approximate surface area is 130 Å². The molecule has 0 unspecified atom stereocenters. The second-order valence-electron chi connectivity index (χ2n) is 4.43. The van der Waals surface area contributed by atoms with Gasteiger partial charge in [-0.25, -0.2) is 4.98 Å². The molecule has 0 bridgehead atoms. The van der Waals surface area contributed by atoms with E-state index in [-0.39, 0.29) is 0 Å². The third kappa shape index (κ3) is 2.47. The van der Waals surface area contributed by atoms with Crippen molar-refractivity contribution in [1.82, 2.24) is 4.98 Å². The van der Waals surface area contributed by atoms with E-state index in [4.69, 9.17) is 4.98 Å². The van der Waals surface area contributed by atoms with Crippen LogP contribution in [0.1, 0.15) is 5.56 Å². The zero-order chi connectivity index (χ0) is 13.4. The van der Waals surface area contributed by atoms with Crippen molar-refractivity contribution in [3.05, 3.63) is 45.5 Å². The monoisotopic (exact) mass is 380 g/mol. The molecule has 1 aromatic heterocycles. The van der Waals surface area contributed by atoms with Crippen molar-refractivity contribution in [2.75, 3.05) is 12.4 Å². The van der Waals surface area contributed by atoms with Crippen molar-refractivity contribution in [1.29, 1.82) is 0 Å². The minimum absolute atomic E-state index is 1.08. The number of nitrogens with zero attached hydrogens (tertiary/aromatic N) is 1. The van der Waals surface area contributed by atoms with Crippen LogP contribution in [0.3, 0.4) is 0 Å². The zero-order valence-corrected chi connectivity index (χ0v) is 13.7. The molecule has 0 aliphatic heterocycles. The Balaban J connectivity index is 2.11. The first-order valence-corrected chi connectivity index (χ1v) is 7.92. The summed E-state index contributed by atoms with van der Waals surface area (Å²) in [5.41, 5.74) is 4.70. The molecule has 0 aliphatic carbocycles. The molecule has 3 aromatic rings. The van der Waals surface area contributed by atoms with Gasteiger partial charge in [0.25, 0.3) is 0 Å². The van der Waals surface area contributed by atoms with E-state index in [0.717, 1.165) is 16.2 Å². The van der Waals surface area contributed by atoms with Crippen LogP contribution in [0.25, 0.3) is 20.8 Å². The van der Waals surface area contributed by atoms with Crippen LogP contribution in [0.15, 0.2) is 36.4 Å². The Morgan fingerprint density at radius 2 is 2.00 bits per heavy atom. The van der Waals surface area contributed by atoms with Gasteiger partial charge in [-0.05, 0) is 65.4 Å². The third-order valence-electron chi connectivity index (χ3n) is 3.03. The highest BCUT2D eigenvalue weighted by Gasteiger charge is 2.08. The number of rotatable bonds is 2. The van der Waals surface area contributed by atoms with Crippen molar-refractivity contribution in [2.24, 2.45) is 0 Å². The summed E-state index contributed by atoms with van der Waals surface area (Å²) in [7, 11) is 1.94. The lowest BCUT2D eigenvalue weighted by Crippen LogP contribution is -1.91. The fourth-order valence-corrected chi connectivity index (χ4v) is 3.85. The van der Waals surface area contributed by atoms with Crippen LogP contribution in [0.2, 0.25) is 0 Å². The van der Waals surface area contributed by atoms with Crippen LogP contribution in [0.5, 0.6) is 0 Å². The second-order valence-corrected chi connectivity index (χ2v) is 6.63. The van der Waals surface area contributed by atoms with Gasteiger partial charge in [0.1, 0.15) is 5.01 Å². The van der Waals surface area contributed by atoms with Gasteiger partial charge in [0, 0.05) is 21.9 Å². The molecule has 2 nitrogen and oxygen atoms in total. The summed E-state index contributed by atoms with van der Waals surface area (Å²) in [5.74, 6) is 0. The van der Waals surface area contributed by atoms with Gasteiger partial charge in [-0.3, -0.25) is 0 Å². The lowest BCUT2D eigenvalue weighted by Gasteiger charge is -2.04. The van der Waals surface area contributed by atoms with Gasteiger partial charge in [-0.2, -0.15) is 0 Å². The summed E-state index contributed by atoms with van der Waals surface area (Å²) < 4.78 is 2.47. The van der Waals surface area contributed by atoms with E-state index in [9.17, 15) is 0 Å². The molecular formula is C15H13IN2S. The normalized spacial score (nSPS) is 10.9. The molecule has 3 rings (SSSR count). The fourth-order valence-electron chi connectivity index (χ4n) is 2.01. The van der Waals surface area contributed by atoms with E-state index < -0.39 is 0 Å². The van der Waals surface area contributed by atoms with Crippen LogP contribution in [0, 0.1) is 10.5 Å². The topological polar surface area (TPSA) is 24.9 Å². The number of halogens is 1. The van der Waals surface area contributed by atoms with Crippen molar-refractivity contribution >= 4 is 49.8 Å². The molecule has 0 saturated heterocycles. The highest BCUT2D eigenvalue weighted by molar-refractivity contribution is 14.1. The Bertz CT molecular complexity index is 749. The van der Waals surface area contributed by atoms with Gasteiger partial charge in [0.15, 0.2) is 0 Å². The predicted molar refractivity (Wildman–Crippen MR) is 92.1 cm³/mol. The number of hydrogen-bond donors (Lipinski definition) is 1. The summed E-state index contributed by atoms with van der Waals surface area (Å²) in [4.78, 5) is 4.72. The van der Waals surface area contributed by atoms with Gasteiger partial charge in [0.05, 0.1) is 10.2 Å². The highest BCUT2D eigenvalue weighted by Crippen LogP contribution is 2.32. The molecule has 0 radical (unpaired) electrons. The molecule has 2 aromatic carbocycles. The molecule has 19 heavy (non-hydrogen) atoms. The van der Waals surface area contributed by atoms with Gasteiger partial charge in [-0.1, -0.05) is 6.07 Å². The number of aromatic nitrogens is 1. The Morgan fingerprint density at radius 1 is 1.16 bits per heavy atom. The number of nitrogens with one attached hydrogen (secondary N) is 1. The number of hydrogen-bond acceptors (Lipinski definition) is 3. The first kappa shape index (κ1) is 12.9. The van der Waals surface area contributed by atoms with E-state index in [1.54, 1.807) is 11.3 Å². The predicted octanol–water partition coefficient (Wildman–Crippen LogP) is 4.92. The molecule has 0 amide bonds. The van der Waals surface area contributed by atoms with Crippen molar-refractivity contribution < 1.29 is 0 Å². The molecule has 4 heteroatoms. The summed E-state index contributed by atoms with van der Waals surface area (Å²) in [6, 6.07) is 12.8. The molecule has 0 saturated carbocycles. The van der Waals surface area contributed by atoms with Crippen LogP contribution >= 0.6 is 33.9 Å². The van der Waals surface area contributed by atoms with Crippen molar-refractivity contribution in [3.8, 4) is 10.6 Å². The quantitative estimate of drug-likeness (QED) is 0.639. The fraction of sp³-hybridized carbons (Fsp3) is 0.133. The number of anilines is 1. The lowest BCUT2D eigenvalue weighted by atomic mass is 10.2. The average molecular weight is 380 g/mol. The molecule has 0 atom stereocenters. The highest BCUT2D eigenvalue weighted by atomic mass is 127. The SMILES string of the molecule is CNc1ccc(-c2nc3ccc(C)cc3s2)cc1I. The number of benzene rings is 2. The Morgan fingerprint density at radius 3 is 2.74 bits per heavy atom. The largest absolute Gasteiger partial charge is 0.387 e. The van der Waals surface area contributed by atoms with Crippen LogP contribution in [-0.4, -0.2) is 12.0 Å². The van der Waals surface area contributed by atoms with Gasteiger partial charge in [0.2, 0.25) is 0 Å². The molecule has 0 spiro atoms. The maximum atomic E-state index is 4.72. The van der Waals surface area contributed by atoms with Gasteiger partial charge >= 0.3 is 0 Å². The smallest absolute Gasteiger partial charge is 0.124 e. The van der Waals surface area contributed by atoms with Gasteiger partial charge in [-0.15, -0.1) is 11.3 Å². The molecular weight excluding hydrogens is 367 g/mol. The van der Waals surface area contributed by atoms with Crippen molar-refractivity contribution in [3.63, 3.8) is 0 Å². The third-order valence-corrected chi connectivity index (χ3v) is 4.99. The zero-order valence-electron chi connectivity index (χ0n) is 10.7. The number of thiazole rings is 1. The number of fused-ring (bicyclic) bond motifs is 1. The van der Waals surface area contributed by atoms with Crippen LogP contribution in [0.4, 0.5) is 5.69 Å².